The number of hydrogen-bond donors (Lipinski definition) is 2. The van der Waals surface area contributed by atoms with Gasteiger partial charge in [-0.2, -0.15) is 5.10 Å². The Morgan fingerprint density at radius 1 is 1.47 bits per heavy atom. The van der Waals surface area contributed by atoms with E-state index in [1.807, 2.05) is 0 Å². The van der Waals surface area contributed by atoms with E-state index in [-0.39, 0.29) is 11.5 Å². The molecule has 3 N–H and O–H groups in total. The lowest BCUT2D eigenvalue weighted by atomic mass is 10.1. The van der Waals surface area contributed by atoms with Crippen LogP contribution in [0.1, 0.15) is 30.9 Å². The van der Waals surface area contributed by atoms with Gasteiger partial charge in [0.05, 0.1) is 11.7 Å². The minimum atomic E-state index is -0.430. The van der Waals surface area contributed by atoms with Crippen LogP contribution in [-0.2, 0) is 13.0 Å². The standard InChI is InChI=1S/C12H17FN6/c1-2-6-19-11(16-8-17-19)7-10(18-14)12-9(13)4-3-5-15-12/h3-5,8,10,18H,2,6-7,14H2,1H3. The fourth-order valence-electron chi connectivity index (χ4n) is 1.92. The van der Waals surface area contributed by atoms with Crippen molar-refractivity contribution in [2.24, 2.45) is 5.84 Å². The van der Waals surface area contributed by atoms with Crippen molar-refractivity contribution in [3.8, 4) is 0 Å². The minimum absolute atomic E-state index is 0.288. The van der Waals surface area contributed by atoms with Gasteiger partial charge in [0.2, 0.25) is 0 Å². The number of nitrogens with zero attached hydrogens (tertiary/aromatic N) is 4. The molecular weight excluding hydrogens is 247 g/mol. The highest BCUT2D eigenvalue weighted by Gasteiger charge is 2.18. The molecule has 0 saturated heterocycles. The second-order valence-corrected chi connectivity index (χ2v) is 4.19. The molecule has 0 fully saturated rings. The first kappa shape index (κ1) is 13.6. The Hall–Kier alpha value is -1.86. The minimum Gasteiger partial charge on any atom is -0.271 e. The molecule has 0 bridgehead atoms. The van der Waals surface area contributed by atoms with Crippen LogP contribution in [0, 0.1) is 5.82 Å². The molecule has 2 rings (SSSR count). The van der Waals surface area contributed by atoms with Crippen molar-refractivity contribution in [1.82, 2.24) is 25.2 Å². The fourth-order valence-corrected chi connectivity index (χ4v) is 1.92. The molecule has 1 unspecified atom stereocenters. The topological polar surface area (TPSA) is 81.7 Å². The molecule has 2 heterocycles. The maximum atomic E-state index is 13.7. The molecule has 0 amide bonds. The van der Waals surface area contributed by atoms with E-state index in [9.17, 15) is 4.39 Å². The van der Waals surface area contributed by atoms with E-state index >= 15 is 0 Å². The van der Waals surface area contributed by atoms with Crippen LogP contribution in [0.15, 0.2) is 24.7 Å². The van der Waals surface area contributed by atoms with E-state index in [0.717, 1.165) is 18.8 Å². The molecule has 6 nitrogen and oxygen atoms in total. The zero-order chi connectivity index (χ0) is 13.7. The lowest BCUT2D eigenvalue weighted by Gasteiger charge is -2.15. The molecule has 0 spiro atoms. The van der Waals surface area contributed by atoms with Gasteiger partial charge in [-0.05, 0) is 18.6 Å². The quantitative estimate of drug-likeness (QED) is 0.600. The van der Waals surface area contributed by atoms with Gasteiger partial charge in [0.15, 0.2) is 0 Å². The number of nitrogens with one attached hydrogen (secondary N) is 1. The van der Waals surface area contributed by atoms with Crippen LogP contribution in [0.2, 0.25) is 0 Å². The first-order valence-electron chi connectivity index (χ1n) is 6.19. The van der Waals surface area contributed by atoms with Crippen molar-refractivity contribution < 1.29 is 4.39 Å². The predicted molar refractivity (Wildman–Crippen MR) is 68.3 cm³/mol. The fraction of sp³-hybridized carbons (Fsp3) is 0.417. The predicted octanol–water partition coefficient (Wildman–Crippen LogP) is 0.969. The van der Waals surface area contributed by atoms with Crippen molar-refractivity contribution in [3.05, 3.63) is 42.0 Å². The molecule has 0 aliphatic rings. The molecule has 2 aromatic heterocycles. The summed E-state index contributed by atoms with van der Waals surface area (Å²) in [7, 11) is 0. The SMILES string of the molecule is CCCn1ncnc1CC(NN)c1ncccc1F. The van der Waals surface area contributed by atoms with Gasteiger partial charge < -0.3 is 0 Å². The zero-order valence-electron chi connectivity index (χ0n) is 10.8. The third kappa shape index (κ3) is 3.12. The second-order valence-electron chi connectivity index (χ2n) is 4.19. The van der Waals surface area contributed by atoms with Gasteiger partial charge in [-0.15, -0.1) is 0 Å². The number of aryl methyl sites for hydroxylation is 1. The van der Waals surface area contributed by atoms with E-state index < -0.39 is 6.04 Å². The van der Waals surface area contributed by atoms with E-state index in [4.69, 9.17) is 5.84 Å². The lowest BCUT2D eigenvalue weighted by Crippen LogP contribution is -2.31. The average molecular weight is 264 g/mol. The Kier molecular flexibility index (Phi) is 4.53. The summed E-state index contributed by atoms with van der Waals surface area (Å²) < 4.78 is 15.5. The number of hydrogen-bond acceptors (Lipinski definition) is 5. The van der Waals surface area contributed by atoms with Crippen LogP contribution in [0.5, 0.6) is 0 Å². The summed E-state index contributed by atoms with van der Waals surface area (Å²) in [5.74, 6) is 5.88. The Morgan fingerprint density at radius 2 is 2.32 bits per heavy atom. The summed E-state index contributed by atoms with van der Waals surface area (Å²) >= 11 is 0. The number of halogens is 1. The maximum Gasteiger partial charge on any atom is 0.146 e. The monoisotopic (exact) mass is 264 g/mol. The Bertz CT molecular complexity index is 526. The first-order chi connectivity index (χ1) is 9.26. The summed E-state index contributed by atoms with van der Waals surface area (Å²) in [5, 5.41) is 4.13. The Morgan fingerprint density at radius 3 is 3.00 bits per heavy atom. The van der Waals surface area contributed by atoms with Gasteiger partial charge >= 0.3 is 0 Å². The van der Waals surface area contributed by atoms with E-state index in [2.05, 4.69) is 27.4 Å². The van der Waals surface area contributed by atoms with Crippen LogP contribution in [0.3, 0.4) is 0 Å². The van der Waals surface area contributed by atoms with Crippen molar-refractivity contribution in [1.29, 1.82) is 0 Å². The molecule has 0 aliphatic carbocycles. The van der Waals surface area contributed by atoms with Crippen molar-refractivity contribution in [3.63, 3.8) is 0 Å². The molecule has 2 aromatic rings. The third-order valence-corrected chi connectivity index (χ3v) is 2.84. The van der Waals surface area contributed by atoms with Gasteiger partial charge in [0.1, 0.15) is 18.0 Å². The number of aromatic nitrogens is 4. The molecule has 19 heavy (non-hydrogen) atoms. The van der Waals surface area contributed by atoms with Gasteiger partial charge in [0, 0.05) is 19.2 Å². The molecule has 1 atom stereocenters. The summed E-state index contributed by atoms with van der Waals surface area (Å²) in [6.07, 6.45) is 4.42. The van der Waals surface area contributed by atoms with Crippen molar-refractivity contribution in [2.75, 3.05) is 0 Å². The third-order valence-electron chi connectivity index (χ3n) is 2.84. The molecular formula is C12H17FN6. The highest BCUT2D eigenvalue weighted by Crippen LogP contribution is 2.17. The number of rotatable bonds is 6. The summed E-state index contributed by atoms with van der Waals surface area (Å²) in [6, 6.07) is 2.48. The zero-order valence-corrected chi connectivity index (χ0v) is 10.8. The molecule has 102 valence electrons. The van der Waals surface area contributed by atoms with Gasteiger partial charge in [0.25, 0.3) is 0 Å². The molecule has 0 aromatic carbocycles. The Labute approximate surface area is 110 Å². The van der Waals surface area contributed by atoms with Crippen LogP contribution in [0.25, 0.3) is 0 Å². The molecule has 0 saturated carbocycles. The van der Waals surface area contributed by atoms with Crippen LogP contribution in [-0.4, -0.2) is 19.7 Å². The summed E-state index contributed by atoms with van der Waals surface area (Å²) in [5.41, 5.74) is 2.87. The molecule has 7 heteroatoms. The molecule has 0 aliphatic heterocycles. The number of hydrazine groups is 1. The molecule has 0 radical (unpaired) electrons. The maximum absolute atomic E-state index is 13.7. The van der Waals surface area contributed by atoms with Gasteiger partial charge in [-0.1, -0.05) is 6.92 Å². The van der Waals surface area contributed by atoms with Crippen molar-refractivity contribution in [2.45, 2.75) is 32.4 Å². The van der Waals surface area contributed by atoms with Crippen LogP contribution in [0.4, 0.5) is 4.39 Å². The number of nitrogens with two attached hydrogens (primary N) is 1. The number of pyridine rings is 1. The second kappa shape index (κ2) is 6.35. The normalized spacial score (nSPS) is 12.6. The summed E-state index contributed by atoms with van der Waals surface area (Å²) in [6.45, 7) is 2.83. The van der Waals surface area contributed by atoms with Crippen LogP contribution < -0.4 is 11.3 Å². The first-order valence-corrected chi connectivity index (χ1v) is 6.19. The highest BCUT2D eigenvalue weighted by atomic mass is 19.1. The highest BCUT2D eigenvalue weighted by molar-refractivity contribution is 5.13. The summed E-state index contributed by atoms with van der Waals surface area (Å²) in [4.78, 5) is 8.21. The van der Waals surface area contributed by atoms with E-state index in [1.165, 1.54) is 12.4 Å². The van der Waals surface area contributed by atoms with Gasteiger partial charge in [-0.3, -0.25) is 20.9 Å². The largest absolute Gasteiger partial charge is 0.271 e. The van der Waals surface area contributed by atoms with E-state index in [0.29, 0.717) is 6.42 Å². The van der Waals surface area contributed by atoms with Crippen LogP contribution >= 0.6 is 0 Å². The van der Waals surface area contributed by atoms with E-state index in [1.54, 1.807) is 16.9 Å². The van der Waals surface area contributed by atoms with Gasteiger partial charge in [-0.25, -0.2) is 9.37 Å². The average Bonchev–Trinajstić information content (AvgIpc) is 2.85. The van der Waals surface area contributed by atoms with Crippen molar-refractivity contribution >= 4 is 0 Å². The Balaban J connectivity index is 2.19. The lowest BCUT2D eigenvalue weighted by molar-refractivity contribution is 0.467. The smallest absolute Gasteiger partial charge is 0.146 e.